The van der Waals surface area contributed by atoms with E-state index < -0.39 is 18.9 Å². The van der Waals surface area contributed by atoms with Gasteiger partial charge in [0.1, 0.15) is 5.75 Å². The van der Waals surface area contributed by atoms with Gasteiger partial charge < -0.3 is 14.6 Å². The van der Waals surface area contributed by atoms with Gasteiger partial charge in [0, 0.05) is 5.56 Å². The Labute approximate surface area is 122 Å². The average molecular weight is 282 g/mol. The van der Waals surface area contributed by atoms with Crippen LogP contribution in [-0.4, -0.2) is 24.0 Å². The lowest BCUT2D eigenvalue weighted by Crippen LogP contribution is -2.28. The second-order valence-electron chi connectivity index (χ2n) is 4.04. The van der Waals surface area contributed by atoms with Crippen molar-refractivity contribution >= 4 is 5.97 Å². The maximum Gasteiger partial charge on any atom is 0.362 e. The van der Waals surface area contributed by atoms with Crippen LogP contribution in [0.25, 0.3) is 0 Å². The molecule has 0 aliphatic carbocycles. The fraction of sp³-hybridized carbons (Fsp3) is 0.118. The number of aliphatic hydroxyl groups excluding tert-OH is 1. The van der Waals surface area contributed by atoms with E-state index in [0.29, 0.717) is 5.75 Å². The first-order valence-corrected chi connectivity index (χ1v) is 6.35. The Morgan fingerprint density at radius 3 is 2.29 bits per heavy atom. The maximum atomic E-state index is 11.8. The van der Waals surface area contributed by atoms with Gasteiger partial charge in [-0.05, 0) is 30.2 Å². The van der Waals surface area contributed by atoms with Gasteiger partial charge in [-0.25, -0.2) is 4.79 Å². The number of aliphatic hydroxyl groups is 1. The first-order valence-electron chi connectivity index (χ1n) is 6.35. The minimum absolute atomic E-state index is 0.500. The van der Waals surface area contributed by atoms with Crippen LogP contribution < -0.4 is 4.74 Å². The molecule has 1 unspecified atom stereocenters. The molecular formula is C17H14O4. The smallest absolute Gasteiger partial charge is 0.362 e. The van der Waals surface area contributed by atoms with Crippen LogP contribution in [0, 0.1) is 11.8 Å². The quantitative estimate of drug-likeness (QED) is 0.529. The largest absolute Gasteiger partial charge is 0.466 e. The Balaban J connectivity index is 2.17. The number of esters is 1. The minimum atomic E-state index is -1.10. The van der Waals surface area contributed by atoms with Gasteiger partial charge in [0.05, 0.1) is 0 Å². The third-order valence-electron chi connectivity index (χ3n) is 2.54. The maximum absolute atomic E-state index is 11.8. The molecule has 0 saturated heterocycles. The molecule has 1 atom stereocenters. The summed E-state index contributed by atoms with van der Waals surface area (Å²) in [5.41, 5.74) is 0.760. The molecular weight excluding hydrogens is 268 g/mol. The predicted molar refractivity (Wildman–Crippen MR) is 77.4 cm³/mol. The summed E-state index contributed by atoms with van der Waals surface area (Å²) in [6.45, 7) is -0.708. The van der Waals surface area contributed by atoms with E-state index in [9.17, 15) is 4.79 Å². The minimum Gasteiger partial charge on any atom is -0.466 e. The number of carbonyl (C=O) groups is 1. The van der Waals surface area contributed by atoms with Crippen molar-refractivity contribution in [2.24, 2.45) is 0 Å². The molecule has 2 aromatic carbocycles. The van der Waals surface area contributed by atoms with Crippen LogP contribution in [0.4, 0.5) is 0 Å². The molecule has 106 valence electrons. The molecule has 0 fully saturated rings. The molecule has 1 N–H and O–H groups in total. The summed E-state index contributed by atoms with van der Waals surface area (Å²) in [5.74, 6) is 5.33. The van der Waals surface area contributed by atoms with E-state index in [-0.39, 0.29) is 0 Å². The number of hydrogen-bond donors (Lipinski definition) is 1. The van der Waals surface area contributed by atoms with Crippen molar-refractivity contribution in [3.8, 4) is 17.6 Å². The van der Waals surface area contributed by atoms with Crippen LogP contribution in [0.5, 0.6) is 5.75 Å². The van der Waals surface area contributed by atoms with Crippen LogP contribution in [-0.2, 0) is 9.53 Å². The Kier molecular flexibility index (Phi) is 5.39. The van der Waals surface area contributed by atoms with Crippen LogP contribution in [0.2, 0.25) is 0 Å². The number of ether oxygens (including phenoxy) is 2. The highest BCUT2D eigenvalue weighted by molar-refractivity contribution is 5.79. The zero-order valence-electron chi connectivity index (χ0n) is 11.2. The van der Waals surface area contributed by atoms with E-state index in [4.69, 9.17) is 9.84 Å². The second-order valence-corrected chi connectivity index (χ2v) is 4.04. The lowest BCUT2D eigenvalue weighted by atomic mass is 10.2. The molecule has 0 aliphatic rings. The fourth-order valence-corrected chi connectivity index (χ4v) is 1.58. The summed E-state index contributed by atoms with van der Waals surface area (Å²) in [4.78, 5) is 11.8. The van der Waals surface area contributed by atoms with Gasteiger partial charge >= 0.3 is 5.97 Å². The topological polar surface area (TPSA) is 55.8 Å². The number of benzene rings is 2. The van der Waals surface area contributed by atoms with E-state index in [2.05, 4.69) is 16.6 Å². The first-order chi connectivity index (χ1) is 10.3. The van der Waals surface area contributed by atoms with Crippen LogP contribution in [0.3, 0.4) is 0 Å². The van der Waals surface area contributed by atoms with E-state index in [1.54, 1.807) is 24.3 Å². The second kappa shape index (κ2) is 7.73. The molecule has 0 saturated carbocycles. The Morgan fingerprint density at radius 1 is 1.05 bits per heavy atom. The third-order valence-corrected chi connectivity index (χ3v) is 2.54. The summed E-state index contributed by atoms with van der Waals surface area (Å²) in [6, 6.07) is 18.1. The van der Waals surface area contributed by atoms with E-state index in [1.807, 2.05) is 36.4 Å². The molecule has 2 rings (SSSR count). The molecule has 0 aromatic heterocycles. The Bertz CT molecular complexity index is 626. The average Bonchev–Trinajstić information content (AvgIpc) is 2.53. The molecule has 0 bridgehead atoms. The molecule has 0 radical (unpaired) electrons. The number of rotatable bonds is 4. The fourth-order valence-electron chi connectivity index (χ4n) is 1.58. The predicted octanol–water partition coefficient (Wildman–Crippen LogP) is 1.98. The molecule has 0 amide bonds. The van der Waals surface area contributed by atoms with Gasteiger partial charge in [0.25, 0.3) is 6.10 Å². The monoisotopic (exact) mass is 282 g/mol. The van der Waals surface area contributed by atoms with Gasteiger partial charge in [0.2, 0.25) is 0 Å². The van der Waals surface area contributed by atoms with Crippen molar-refractivity contribution in [2.75, 3.05) is 6.79 Å². The first kappa shape index (κ1) is 14.6. The van der Waals surface area contributed by atoms with Crippen molar-refractivity contribution in [3.63, 3.8) is 0 Å². The van der Waals surface area contributed by atoms with Crippen molar-refractivity contribution in [2.45, 2.75) is 6.10 Å². The summed E-state index contributed by atoms with van der Waals surface area (Å²) in [5, 5.41) is 8.69. The summed E-state index contributed by atoms with van der Waals surface area (Å²) in [6.07, 6.45) is -1.10. The number of carbonyl (C=O) groups excluding carboxylic acids is 1. The van der Waals surface area contributed by atoms with Gasteiger partial charge in [-0.3, -0.25) is 0 Å². The Hall–Kier alpha value is -2.77. The number of para-hydroxylation sites is 1. The number of hydrogen-bond acceptors (Lipinski definition) is 4. The summed E-state index contributed by atoms with van der Waals surface area (Å²) >= 11 is 0. The normalized spacial score (nSPS) is 10.9. The molecule has 4 nitrogen and oxygen atoms in total. The SMILES string of the molecule is O=C(OCO)C(C#Cc1ccccc1)Oc1ccccc1. The highest BCUT2D eigenvalue weighted by Crippen LogP contribution is 2.11. The zero-order valence-corrected chi connectivity index (χ0v) is 11.2. The van der Waals surface area contributed by atoms with Gasteiger partial charge in [-0.15, -0.1) is 0 Å². The third kappa shape index (κ3) is 4.68. The molecule has 0 aliphatic heterocycles. The van der Waals surface area contributed by atoms with Gasteiger partial charge in [0.15, 0.2) is 6.79 Å². The summed E-state index contributed by atoms with van der Waals surface area (Å²) < 4.78 is 10.0. The lowest BCUT2D eigenvalue weighted by Gasteiger charge is -2.12. The van der Waals surface area contributed by atoms with Crippen molar-refractivity contribution in [1.29, 1.82) is 0 Å². The van der Waals surface area contributed by atoms with Crippen molar-refractivity contribution in [3.05, 3.63) is 66.2 Å². The molecule has 0 spiro atoms. The standard InChI is InChI=1S/C17H14O4/c18-13-20-17(19)16(21-15-9-5-2-6-10-15)12-11-14-7-3-1-4-8-14/h1-10,16,18H,13H2. The lowest BCUT2D eigenvalue weighted by molar-refractivity contribution is -0.157. The van der Waals surface area contributed by atoms with Crippen LogP contribution in [0.1, 0.15) is 5.56 Å². The van der Waals surface area contributed by atoms with Crippen molar-refractivity contribution in [1.82, 2.24) is 0 Å². The van der Waals surface area contributed by atoms with E-state index in [1.165, 1.54) is 0 Å². The highest BCUT2D eigenvalue weighted by Gasteiger charge is 2.19. The molecule has 2 aromatic rings. The van der Waals surface area contributed by atoms with Gasteiger partial charge in [-0.2, -0.15) is 0 Å². The molecule has 0 heterocycles. The highest BCUT2D eigenvalue weighted by atomic mass is 16.6. The van der Waals surface area contributed by atoms with Crippen molar-refractivity contribution < 1.29 is 19.4 Å². The molecule has 4 heteroatoms. The summed E-state index contributed by atoms with van der Waals surface area (Å²) in [7, 11) is 0. The molecule has 21 heavy (non-hydrogen) atoms. The van der Waals surface area contributed by atoms with Crippen LogP contribution >= 0.6 is 0 Å². The van der Waals surface area contributed by atoms with Gasteiger partial charge in [-0.1, -0.05) is 42.3 Å². The van der Waals surface area contributed by atoms with Crippen LogP contribution in [0.15, 0.2) is 60.7 Å². The van der Waals surface area contributed by atoms with E-state index in [0.717, 1.165) is 5.56 Å². The van der Waals surface area contributed by atoms with E-state index >= 15 is 0 Å². The Morgan fingerprint density at radius 2 is 1.67 bits per heavy atom. The zero-order chi connectivity index (χ0) is 14.9.